The zero-order valence-electron chi connectivity index (χ0n) is 11.4. The van der Waals surface area contributed by atoms with Crippen LogP contribution in [0.1, 0.15) is 12.5 Å². The lowest BCUT2D eigenvalue weighted by Crippen LogP contribution is -2.54. The third kappa shape index (κ3) is 3.36. The van der Waals surface area contributed by atoms with Crippen LogP contribution in [0.2, 0.25) is 0 Å². The molecule has 0 aliphatic carbocycles. The molecule has 7 heteroatoms. The molecule has 1 fully saturated rings. The number of morpholine rings is 1. The summed E-state index contributed by atoms with van der Waals surface area (Å²) >= 11 is 0. The first-order valence-corrected chi connectivity index (χ1v) is 7.95. The third-order valence-electron chi connectivity index (χ3n) is 3.39. The van der Waals surface area contributed by atoms with E-state index in [2.05, 4.69) is 4.72 Å². The number of benzene rings is 1. The summed E-state index contributed by atoms with van der Waals surface area (Å²) in [6.07, 6.45) is 0. The van der Waals surface area contributed by atoms with Gasteiger partial charge >= 0.3 is 0 Å². The van der Waals surface area contributed by atoms with Gasteiger partial charge in [0.2, 0.25) is 0 Å². The first kappa shape index (κ1) is 15.4. The second kappa shape index (κ2) is 6.19. The van der Waals surface area contributed by atoms with Gasteiger partial charge in [-0.3, -0.25) is 0 Å². The second-order valence-corrected chi connectivity index (χ2v) is 6.65. The van der Waals surface area contributed by atoms with Gasteiger partial charge in [-0.25, -0.2) is 0 Å². The normalized spacial score (nSPS) is 20.5. The molecule has 1 aliphatic rings. The fourth-order valence-corrected chi connectivity index (χ4v) is 3.64. The van der Waals surface area contributed by atoms with E-state index < -0.39 is 15.7 Å². The van der Waals surface area contributed by atoms with Gasteiger partial charge in [-0.05, 0) is 12.5 Å². The van der Waals surface area contributed by atoms with Gasteiger partial charge in [0.25, 0.3) is 10.2 Å². The maximum absolute atomic E-state index is 12.4. The summed E-state index contributed by atoms with van der Waals surface area (Å²) in [7, 11) is -3.66. The van der Waals surface area contributed by atoms with Crippen molar-refractivity contribution in [2.75, 3.05) is 32.9 Å². The summed E-state index contributed by atoms with van der Waals surface area (Å²) in [6, 6.07) is 9.05. The molecular formula is C13H20N2O4S. The molecule has 0 spiro atoms. The molecular weight excluding hydrogens is 280 g/mol. The average Bonchev–Trinajstić information content (AvgIpc) is 2.48. The van der Waals surface area contributed by atoms with E-state index in [0.717, 1.165) is 5.56 Å². The highest BCUT2D eigenvalue weighted by molar-refractivity contribution is 7.87. The molecule has 1 atom stereocenters. The molecule has 0 saturated carbocycles. The Bertz CT molecular complexity index is 529. The molecule has 2 rings (SSSR count). The fraction of sp³-hybridized carbons (Fsp3) is 0.538. The smallest absolute Gasteiger partial charge is 0.280 e. The lowest BCUT2D eigenvalue weighted by Gasteiger charge is -2.33. The highest BCUT2D eigenvalue weighted by atomic mass is 32.2. The van der Waals surface area contributed by atoms with E-state index in [0.29, 0.717) is 26.3 Å². The molecule has 2 N–H and O–H groups in total. The molecule has 20 heavy (non-hydrogen) atoms. The molecule has 1 aromatic rings. The molecule has 1 unspecified atom stereocenters. The topological polar surface area (TPSA) is 78.9 Å². The predicted molar refractivity (Wildman–Crippen MR) is 75.3 cm³/mol. The van der Waals surface area contributed by atoms with E-state index >= 15 is 0 Å². The van der Waals surface area contributed by atoms with Crippen LogP contribution in [-0.4, -0.2) is 50.7 Å². The van der Waals surface area contributed by atoms with Crippen molar-refractivity contribution in [3.05, 3.63) is 35.9 Å². The van der Waals surface area contributed by atoms with E-state index in [4.69, 9.17) is 4.74 Å². The molecule has 1 aliphatic heterocycles. The number of hydrogen-bond donors (Lipinski definition) is 2. The molecule has 1 saturated heterocycles. The number of hydrogen-bond acceptors (Lipinski definition) is 4. The Morgan fingerprint density at radius 3 is 2.45 bits per heavy atom. The number of ether oxygens (including phenoxy) is 1. The lowest BCUT2D eigenvalue weighted by molar-refractivity contribution is 0.0714. The van der Waals surface area contributed by atoms with Crippen molar-refractivity contribution >= 4 is 10.2 Å². The molecule has 1 heterocycles. The van der Waals surface area contributed by atoms with Crippen LogP contribution in [0.5, 0.6) is 0 Å². The lowest BCUT2D eigenvalue weighted by atomic mass is 9.94. The number of nitrogens with zero attached hydrogens (tertiary/aromatic N) is 1. The van der Waals surface area contributed by atoms with Crippen molar-refractivity contribution in [2.24, 2.45) is 0 Å². The van der Waals surface area contributed by atoms with Crippen LogP contribution in [-0.2, 0) is 20.5 Å². The molecule has 6 nitrogen and oxygen atoms in total. The van der Waals surface area contributed by atoms with Crippen LogP contribution in [0.4, 0.5) is 0 Å². The number of aliphatic hydroxyl groups excluding tert-OH is 1. The van der Waals surface area contributed by atoms with Gasteiger partial charge in [0.05, 0.1) is 25.4 Å². The Kier molecular flexibility index (Phi) is 4.77. The van der Waals surface area contributed by atoms with E-state index in [1.165, 1.54) is 4.31 Å². The molecule has 0 radical (unpaired) electrons. The van der Waals surface area contributed by atoms with Gasteiger partial charge < -0.3 is 9.84 Å². The summed E-state index contributed by atoms with van der Waals surface area (Å²) in [5, 5.41) is 9.63. The van der Waals surface area contributed by atoms with Crippen molar-refractivity contribution in [1.82, 2.24) is 9.03 Å². The first-order valence-electron chi connectivity index (χ1n) is 6.51. The summed E-state index contributed by atoms with van der Waals surface area (Å²) in [5.74, 6) is 0. The van der Waals surface area contributed by atoms with E-state index in [-0.39, 0.29) is 6.61 Å². The van der Waals surface area contributed by atoms with Gasteiger partial charge in [-0.2, -0.15) is 17.4 Å². The largest absolute Gasteiger partial charge is 0.394 e. The van der Waals surface area contributed by atoms with Crippen LogP contribution in [0.15, 0.2) is 30.3 Å². The minimum atomic E-state index is -3.66. The maximum atomic E-state index is 12.4. The van der Waals surface area contributed by atoms with Gasteiger partial charge in [0.15, 0.2) is 0 Å². The Balaban J connectivity index is 2.20. The van der Waals surface area contributed by atoms with Gasteiger partial charge in [0.1, 0.15) is 0 Å². The van der Waals surface area contributed by atoms with E-state index in [1.807, 2.05) is 18.2 Å². The maximum Gasteiger partial charge on any atom is 0.280 e. The molecule has 0 aromatic heterocycles. The Hall–Kier alpha value is -0.990. The van der Waals surface area contributed by atoms with Gasteiger partial charge in [-0.1, -0.05) is 30.3 Å². The molecule has 112 valence electrons. The zero-order chi connectivity index (χ0) is 14.6. The second-order valence-electron chi connectivity index (χ2n) is 4.97. The molecule has 0 amide bonds. The molecule has 1 aromatic carbocycles. The van der Waals surface area contributed by atoms with Crippen LogP contribution in [0, 0.1) is 0 Å². The summed E-state index contributed by atoms with van der Waals surface area (Å²) in [5.41, 5.74) is -0.322. The first-order chi connectivity index (χ1) is 9.48. The Morgan fingerprint density at radius 1 is 1.30 bits per heavy atom. The van der Waals surface area contributed by atoms with Crippen molar-refractivity contribution in [3.8, 4) is 0 Å². The quantitative estimate of drug-likeness (QED) is 0.806. The summed E-state index contributed by atoms with van der Waals surface area (Å²) in [4.78, 5) is 0. The van der Waals surface area contributed by atoms with E-state index in [9.17, 15) is 13.5 Å². The van der Waals surface area contributed by atoms with Crippen LogP contribution in [0.3, 0.4) is 0 Å². The van der Waals surface area contributed by atoms with Crippen molar-refractivity contribution in [2.45, 2.75) is 12.5 Å². The van der Waals surface area contributed by atoms with Crippen LogP contribution in [0.25, 0.3) is 0 Å². The number of aliphatic hydroxyl groups is 1. The van der Waals surface area contributed by atoms with Crippen molar-refractivity contribution < 1.29 is 18.3 Å². The highest BCUT2D eigenvalue weighted by Crippen LogP contribution is 2.22. The van der Waals surface area contributed by atoms with Crippen LogP contribution < -0.4 is 4.72 Å². The zero-order valence-corrected chi connectivity index (χ0v) is 12.3. The van der Waals surface area contributed by atoms with Gasteiger partial charge in [0, 0.05) is 13.1 Å². The van der Waals surface area contributed by atoms with Gasteiger partial charge in [-0.15, -0.1) is 0 Å². The third-order valence-corrected chi connectivity index (χ3v) is 5.14. The predicted octanol–water partition coefficient (Wildman–Crippen LogP) is 0.0607. The van der Waals surface area contributed by atoms with E-state index in [1.54, 1.807) is 19.1 Å². The fourth-order valence-electron chi connectivity index (χ4n) is 2.12. The minimum Gasteiger partial charge on any atom is -0.394 e. The summed E-state index contributed by atoms with van der Waals surface area (Å²) < 4.78 is 33.9. The Morgan fingerprint density at radius 2 is 1.90 bits per heavy atom. The van der Waals surface area contributed by atoms with Crippen LogP contribution >= 0.6 is 0 Å². The standard InChI is InChI=1S/C13H20N2O4S/c1-13(11-16,12-5-3-2-4-6-12)14-20(17,18)15-7-9-19-10-8-15/h2-6,14,16H,7-11H2,1H3. The Labute approximate surface area is 119 Å². The monoisotopic (exact) mass is 300 g/mol. The number of nitrogens with one attached hydrogen (secondary N) is 1. The highest BCUT2D eigenvalue weighted by Gasteiger charge is 2.34. The average molecular weight is 300 g/mol. The minimum absolute atomic E-state index is 0.319. The number of rotatable bonds is 5. The SMILES string of the molecule is CC(CO)(NS(=O)(=O)N1CCOCC1)c1ccccc1. The van der Waals surface area contributed by atoms with Crippen molar-refractivity contribution in [1.29, 1.82) is 0 Å². The summed E-state index contributed by atoms with van der Waals surface area (Å²) in [6.45, 7) is 2.78. The van der Waals surface area contributed by atoms with Crippen molar-refractivity contribution in [3.63, 3.8) is 0 Å². The molecule has 0 bridgehead atoms.